The lowest BCUT2D eigenvalue weighted by atomic mass is 9.95. The SMILES string of the molecule is C/C=C\c1oc2cc(-c3cccc4c3[nH]c3c5ccccc5c5ccccc5c43)ccc2c1-c1ccccc1. The molecular formula is C37H25NO. The van der Waals surface area contributed by atoms with Gasteiger partial charge in [-0.1, -0.05) is 109 Å². The van der Waals surface area contributed by atoms with Crippen molar-refractivity contribution < 1.29 is 4.42 Å². The van der Waals surface area contributed by atoms with Crippen LogP contribution in [0.4, 0.5) is 0 Å². The first-order chi connectivity index (χ1) is 19.3. The summed E-state index contributed by atoms with van der Waals surface area (Å²) in [6, 6.07) is 41.2. The second-order valence-electron chi connectivity index (χ2n) is 10.1. The van der Waals surface area contributed by atoms with E-state index >= 15 is 0 Å². The molecule has 1 N–H and O–H groups in total. The van der Waals surface area contributed by atoms with Gasteiger partial charge in [-0.15, -0.1) is 0 Å². The van der Waals surface area contributed by atoms with Gasteiger partial charge in [-0.3, -0.25) is 0 Å². The fourth-order valence-corrected chi connectivity index (χ4v) is 6.27. The predicted molar refractivity (Wildman–Crippen MR) is 166 cm³/mol. The molecule has 0 aliphatic rings. The van der Waals surface area contributed by atoms with Gasteiger partial charge in [-0.2, -0.15) is 0 Å². The van der Waals surface area contributed by atoms with Crippen LogP contribution in [-0.2, 0) is 0 Å². The standard InChI is InChI=1S/C37H25NO/c1-2-11-32-34(23-12-4-3-5-13-23)30-21-20-24(22-33(30)39-32)25-18-10-19-31-35-28-16-8-6-14-26(28)27-15-7-9-17-29(27)37(35)38-36(25)31/h2-22,38H,1H3/b11-2-. The highest BCUT2D eigenvalue weighted by atomic mass is 16.3. The summed E-state index contributed by atoms with van der Waals surface area (Å²) in [5, 5.41) is 8.73. The van der Waals surface area contributed by atoms with E-state index in [0.717, 1.165) is 38.9 Å². The molecule has 2 aromatic heterocycles. The Morgan fingerprint density at radius 1 is 0.564 bits per heavy atom. The molecule has 0 saturated carbocycles. The molecular weight excluding hydrogens is 474 g/mol. The van der Waals surface area contributed by atoms with Crippen molar-refractivity contribution in [3.05, 3.63) is 127 Å². The highest BCUT2D eigenvalue weighted by Crippen LogP contribution is 2.43. The first kappa shape index (κ1) is 22.0. The number of para-hydroxylation sites is 1. The summed E-state index contributed by atoms with van der Waals surface area (Å²) < 4.78 is 6.45. The van der Waals surface area contributed by atoms with Gasteiger partial charge >= 0.3 is 0 Å². The molecule has 0 bridgehead atoms. The average Bonchev–Trinajstić information content (AvgIpc) is 3.56. The summed E-state index contributed by atoms with van der Waals surface area (Å²) in [7, 11) is 0. The fourth-order valence-electron chi connectivity index (χ4n) is 6.27. The van der Waals surface area contributed by atoms with Gasteiger partial charge in [0.05, 0.1) is 11.0 Å². The lowest BCUT2D eigenvalue weighted by Crippen LogP contribution is -1.81. The van der Waals surface area contributed by atoms with Crippen LogP contribution in [-0.4, -0.2) is 4.98 Å². The van der Waals surface area contributed by atoms with Crippen molar-refractivity contribution in [1.29, 1.82) is 0 Å². The van der Waals surface area contributed by atoms with Crippen LogP contribution in [0.1, 0.15) is 12.7 Å². The molecule has 0 atom stereocenters. The maximum Gasteiger partial charge on any atom is 0.136 e. The molecule has 0 spiro atoms. The van der Waals surface area contributed by atoms with Crippen LogP contribution in [0.3, 0.4) is 0 Å². The second kappa shape index (κ2) is 8.47. The number of H-pyrrole nitrogens is 1. The number of fused-ring (bicyclic) bond motifs is 9. The summed E-state index contributed by atoms with van der Waals surface area (Å²) in [6.45, 7) is 2.03. The van der Waals surface area contributed by atoms with Gasteiger partial charge in [0.25, 0.3) is 0 Å². The maximum absolute atomic E-state index is 6.45. The topological polar surface area (TPSA) is 28.9 Å². The summed E-state index contributed by atoms with van der Waals surface area (Å²) in [4.78, 5) is 3.85. The lowest BCUT2D eigenvalue weighted by molar-refractivity contribution is 0.605. The van der Waals surface area contributed by atoms with Gasteiger partial charge in [-0.25, -0.2) is 0 Å². The number of nitrogens with one attached hydrogen (secondary N) is 1. The van der Waals surface area contributed by atoms with Crippen LogP contribution in [0.2, 0.25) is 0 Å². The minimum absolute atomic E-state index is 0.887. The van der Waals surface area contributed by atoms with Crippen molar-refractivity contribution >= 4 is 60.4 Å². The van der Waals surface area contributed by atoms with Gasteiger partial charge in [0.15, 0.2) is 0 Å². The quantitative estimate of drug-likeness (QED) is 0.241. The van der Waals surface area contributed by atoms with E-state index in [1.54, 1.807) is 0 Å². The third-order valence-electron chi connectivity index (χ3n) is 7.93. The highest BCUT2D eigenvalue weighted by molar-refractivity contribution is 6.32. The van der Waals surface area contributed by atoms with E-state index in [9.17, 15) is 0 Å². The Morgan fingerprint density at radius 3 is 2.05 bits per heavy atom. The summed E-state index contributed by atoms with van der Waals surface area (Å²) in [5.41, 5.74) is 7.83. The third-order valence-corrected chi connectivity index (χ3v) is 7.93. The van der Waals surface area contributed by atoms with Crippen LogP contribution < -0.4 is 0 Å². The van der Waals surface area contributed by atoms with Crippen molar-refractivity contribution in [2.24, 2.45) is 0 Å². The molecule has 0 aliphatic carbocycles. The number of hydrogen-bond donors (Lipinski definition) is 1. The predicted octanol–water partition coefficient (Wildman–Crippen LogP) is 10.7. The summed E-state index contributed by atoms with van der Waals surface area (Å²) in [6.07, 6.45) is 4.08. The molecule has 39 heavy (non-hydrogen) atoms. The molecule has 2 nitrogen and oxygen atoms in total. The molecule has 184 valence electrons. The first-order valence-electron chi connectivity index (χ1n) is 13.4. The number of rotatable bonds is 3. The van der Waals surface area contributed by atoms with E-state index in [0.29, 0.717) is 0 Å². The number of allylic oxidation sites excluding steroid dienone is 1. The zero-order chi connectivity index (χ0) is 25.9. The lowest BCUT2D eigenvalue weighted by Gasteiger charge is -2.07. The summed E-state index contributed by atoms with van der Waals surface area (Å²) in [5.74, 6) is 0.887. The van der Waals surface area contributed by atoms with Crippen molar-refractivity contribution in [2.45, 2.75) is 6.92 Å². The van der Waals surface area contributed by atoms with E-state index in [2.05, 4.69) is 120 Å². The van der Waals surface area contributed by atoms with Crippen molar-refractivity contribution in [3.63, 3.8) is 0 Å². The molecule has 0 aliphatic heterocycles. The zero-order valence-corrected chi connectivity index (χ0v) is 21.5. The molecule has 2 heterocycles. The Hall–Kier alpha value is -5.08. The molecule has 0 amide bonds. The Bertz CT molecular complexity index is 2230. The molecule has 0 unspecified atom stereocenters. The smallest absolute Gasteiger partial charge is 0.136 e. The molecule has 8 rings (SSSR count). The van der Waals surface area contributed by atoms with Crippen molar-refractivity contribution in [1.82, 2.24) is 4.98 Å². The van der Waals surface area contributed by atoms with E-state index in [1.807, 2.05) is 19.1 Å². The van der Waals surface area contributed by atoms with Crippen LogP contribution in [0.25, 0.3) is 82.6 Å². The zero-order valence-electron chi connectivity index (χ0n) is 21.5. The van der Waals surface area contributed by atoms with Crippen LogP contribution >= 0.6 is 0 Å². The highest BCUT2D eigenvalue weighted by Gasteiger charge is 2.18. The van der Waals surface area contributed by atoms with Crippen LogP contribution in [0.15, 0.2) is 126 Å². The largest absolute Gasteiger partial charge is 0.456 e. The minimum Gasteiger partial charge on any atom is -0.456 e. The van der Waals surface area contributed by atoms with Gasteiger partial charge in [-0.05, 0) is 52.4 Å². The number of benzene rings is 6. The van der Waals surface area contributed by atoms with E-state index in [1.165, 1.54) is 43.4 Å². The van der Waals surface area contributed by atoms with E-state index in [4.69, 9.17) is 4.42 Å². The second-order valence-corrected chi connectivity index (χ2v) is 10.1. The van der Waals surface area contributed by atoms with E-state index in [-0.39, 0.29) is 0 Å². The molecule has 6 aromatic carbocycles. The molecule has 0 radical (unpaired) electrons. The van der Waals surface area contributed by atoms with Crippen LogP contribution in [0, 0.1) is 0 Å². The van der Waals surface area contributed by atoms with Gasteiger partial charge in [0, 0.05) is 32.7 Å². The van der Waals surface area contributed by atoms with Gasteiger partial charge in [0.2, 0.25) is 0 Å². The number of aromatic amines is 1. The summed E-state index contributed by atoms with van der Waals surface area (Å²) >= 11 is 0. The van der Waals surface area contributed by atoms with E-state index < -0.39 is 0 Å². The minimum atomic E-state index is 0.887. The number of furan rings is 1. The maximum atomic E-state index is 6.45. The monoisotopic (exact) mass is 499 g/mol. The first-order valence-corrected chi connectivity index (χ1v) is 13.4. The Balaban J connectivity index is 1.41. The Morgan fingerprint density at radius 2 is 1.26 bits per heavy atom. The number of hydrogen-bond acceptors (Lipinski definition) is 1. The molecule has 8 aromatic rings. The Labute approximate surface area is 225 Å². The third kappa shape index (κ3) is 3.22. The van der Waals surface area contributed by atoms with Crippen molar-refractivity contribution in [2.75, 3.05) is 0 Å². The van der Waals surface area contributed by atoms with Gasteiger partial charge < -0.3 is 9.40 Å². The van der Waals surface area contributed by atoms with Gasteiger partial charge in [0.1, 0.15) is 11.3 Å². The molecule has 0 fully saturated rings. The molecule has 0 saturated heterocycles. The normalized spacial score (nSPS) is 12.1. The average molecular weight is 500 g/mol. The van der Waals surface area contributed by atoms with Crippen LogP contribution in [0.5, 0.6) is 0 Å². The fraction of sp³-hybridized carbons (Fsp3) is 0.0270. The number of aromatic nitrogens is 1. The Kier molecular flexibility index (Phi) is 4.77. The van der Waals surface area contributed by atoms with Crippen molar-refractivity contribution in [3.8, 4) is 22.3 Å². The molecule has 2 heteroatoms.